The highest BCUT2D eigenvalue weighted by Crippen LogP contribution is 2.35. The number of benzene rings is 2. The molecule has 4 rings (SSSR count). The van der Waals surface area contributed by atoms with Crippen LogP contribution in [0.2, 0.25) is 5.02 Å². The lowest BCUT2D eigenvalue weighted by Gasteiger charge is -2.28. The minimum Gasteiger partial charge on any atom is -0.448 e. The van der Waals surface area contributed by atoms with Crippen LogP contribution in [-0.2, 0) is 14.3 Å². The largest absolute Gasteiger partial charge is 0.448 e. The minimum atomic E-state index is -0.960. The van der Waals surface area contributed by atoms with Crippen LogP contribution in [0.5, 0.6) is 0 Å². The Morgan fingerprint density at radius 1 is 1.13 bits per heavy atom. The number of anilines is 2. The van der Waals surface area contributed by atoms with Gasteiger partial charge < -0.3 is 19.7 Å². The number of rotatable bonds is 5. The van der Waals surface area contributed by atoms with Gasteiger partial charge in [-0.3, -0.25) is 4.79 Å². The van der Waals surface area contributed by atoms with Gasteiger partial charge in [0.15, 0.2) is 6.10 Å². The predicted molar refractivity (Wildman–Crippen MR) is 120 cm³/mol. The van der Waals surface area contributed by atoms with Gasteiger partial charge in [-0.05, 0) is 37.3 Å². The highest BCUT2D eigenvalue weighted by atomic mass is 35.5. The van der Waals surface area contributed by atoms with Crippen LogP contribution in [0, 0.1) is 0 Å². The van der Waals surface area contributed by atoms with Crippen molar-refractivity contribution in [2.75, 3.05) is 36.5 Å². The molecule has 2 heterocycles. The molecule has 156 valence electrons. The van der Waals surface area contributed by atoms with E-state index in [1.54, 1.807) is 0 Å². The zero-order valence-corrected chi connectivity index (χ0v) is 18.0. The Balaban J connectivity index is 1.37. The van der Waals surface area contributed by atoms with E-state index in [1.807, 2.05) is 48.5 Å². The molecule has 0 radical (unpaired) electrons. The third-order valence-electron chi connectivity index (χ3n) is 4.88. The van der Waals surface area contributed by atoms with Crippen molar-refractivity contribution < 1.29 is 19.1 Å². The van der Waals surface area contributed by atoms with E-state index in [2.05, 4.69) is 10.2 Å². The molecule has 0 saturated carbocycles. The van der Waals surface area contributed by atoms with Crippen LogP contribution in [0.3, 0.4) is 0 Å². The normalized spacial score (nSPS) is 15.1. The zero-order valence-electron chi connectivity index (χ0n) is 16.4. The first kappa shape index (κ1) is 20.7. The van der Waals surface area contributed by atoms with Crippen LogP contribution in [0.25, 0.3) is 10.1 Å². The maximum absolute atomic E-state index is 12.5. The van der Waals surface area contributed by atoms with E-state index in [1.165, 1.54) is 18.3 Å². The standard InChI is InChI=1S/C22H21ClN2O4S/c1-14(29-22(27)20-19(23)17-4-2-3-5-18(17)30-20)21(26)24-15-6-8-16(9-7-15)25-10-12-28-13-11-25/h2-9,14H,10-13H2,1H3,(H,24,26)/t14-/m1/s1. The molecule has 1 saturated heterocycles. The van der Waals surface area contributed by atoms with Crippen molar-refractivity contribution in [3.8, 4) is 0 Å². The van der Waals surface area contributed by atoms with Crippen LogP contribution < -0.4 is 10.2 Å². The van der Waals surface area contributed by atoms with Gasteiger partial charge in [0.1, 0.15) is 4.88 Å². The number of esters is 1. The molecule has 8 heteroatoms. The van der Waals surface area contributed by atoms with Crippen molar-refractivity contribution in [2.45, 2.75) is 13.0 Å². The van der Waals surface area contributed by atoms with Gasteiger partial charge in [0.2, 0.25) is 0 Å². The number of fused-ring (bicyclic) bond motifs is 1. The lowest BCUT2D eigenvalue weighted by atomic mass is 10.2. The molecule has 2 aromatic carbocycles. The smallest absolute Gasteiger partial charge is 0.350 e. The molecule has 1 atom stereocenters. The van der Waals surface area contributed by atoms with Gasteiger partial charge >= 0.3 is 5.97 Å². The Bertz CT molecular complexity index is 1060. The van der Waals surface area contributed by atoms with E-state index >= 15 is 0 Å². The lowest BCUT2D eigenvalue weighted by Crippen LogP contribution is -2.36. The highest BCUT2D eigenvalue weighted by Gasteiger charge is 2.23. The molecule has 1 N–H and O–H groups in total. The number of morpholine rings is 1. The number of ether oxygens (including phenoxy) is 2. The molecule has 6 nitrogen and oxygen atoms in total. The van der Waals surface area contributed by atoms with Gasteiger partial charge in [0, 0.05) is 34.6 Å². The molecule has 1 aromatic heterocycles. The summed E-state index contributed by atoms with van der Waals surface area (Å²) in [6, 6.07) is 15.0. The number of thiophene rings is 1. The summed E-state index contributed by atoms with van der Waals surface area (Å²) in [6.07, 6.45) is -0.960. The summed E-state index contributed by atoms with van der Waals surface area (Å²) in [5.74, 6) is -1.01. The average molecular weight is 445 g/mol. The average Bonchev–Trinajstić information content (AvgIpc) is 3.12. The number of hydrogen-bond donors (Lipinski definition) is 1. The number of hydrogen-bond acceptors (Lipinski definition) is 6. The molecule has 1 aliphatic rings. The zero-order chi connectivity index (χ0) is 21.1. The quantitative estimate of drug-likeness (QED) is 0.583. The molecule has 0 spiro atoms. The first-order chi connectivity index (χ1) is 14.5. The lowest BCUT2D eigenvalue weighted by molar-refractivity contribution is -0.123. The summed E-state index contributed by atoms with van der Waals surface area (Å²) in [5.41, 5.74) is 1.72. The fourth-order valence-corrected chi connectivity index (χ4v) is 4.63. The van der Waals surface area contributed by atoms with E-state index in [9.17, 15) is 9.59 Å². The Labute approximate surface area is 183 Å². The number of nitrogens with zero attached hydrogens (tertiary/aromatic N) is 1. The third-order valence-corrected chi connectivity index (χ3v) is 6.54. The maximum atomic E-state index is 12.5. The molecule has 30 heavy (non-hydrogen) atoms. The van der Waals surface area contributed by atoms with E-state index in [0.717, 1.165) is 28.9 Å². The predicted octanol–water partition coefficient (Wildman–Crippen LogP) is 4.58. The van der Waals surface area contributed by atoms with E-state index < -0.39 is 18.0 Å². The number of amides is 1. The number of carbonyl (C=O) groups is 2. The molecule has 0 unspecified atom stereocenters. The first-order valence-corrected chi connectivity index (χ1v) is 10.8. The van der Waals surface area contributed by atoms with Crippen molar-refractivity contribution in [3.05, 3.63) is 58.4 Å². The number of nitrogens with one attached hydrogen (secondary N) is 1. The highest BCUT2D eigenvalue weighted by molar-refractivity contribution is 7.21. The Morgan fingerprint density at radius 3 is 2.53 bits per heavy atom. The second kappa shape index (κ2) is 9.04. The van der Waals surface area contributed by atoms with Gasteiger partial charge in [-0.15, -0.1) is 11.3 Å². The Kier molecular flexibility index (Phi) is 6.22. The summed E-state index contributed by atoms with van der Waals surface area (Å²) in [7, 11) is 0. The van der Waals surface area contributed by atoms with E-state index in [0.29, 0.717) is 28.8 Å². The summed E-state index contributed by atoms with van der Waals surface area (Å²) >= 11 is 7.57. The van der Waals surface area contributed by atoms with Crippen molar-refractivity contribution in [2.24, 2.45) is 0 Å². The maximum Gasteiger partial charge on any atom is 0.350 e. The van der Waals surface area contributed by atoms with Crippen LogP contribution in [-0.4, -0.2) is 44.3 Å². The van der Waals surface area contributed by atoms with Crippen molar-refractivity contribution in [1.82, 2.24) is 0 Å². The molecule has 0 aliphatic carbocycles. The monoisotopic (exact) mass is 444 g/mol. The van der Waals surface area contributed by atoms with Crippen LogP contribution in [0.4, 0.5) is 11.4 Å². The molecular weight excluding hydrogens is 424 g/mol. The van der Waals surface area contributed by atoms with Crippen LogP contribution >= 0.6 is 22.9 Å². The molecule has 0 bridgehead atoms. The molecular formula is C22H21ClN2O4S. The van der Waals surface area contributed by atoms with Gasteiger partial charge in [-0.1, -0.05) is 29.8 Å². The Morgan fingerprint density at radius 2 is 1.83 bits per heavy atom. The van der Waals surface area contributed by atoms with Crippen molar-refractivity contribution in [3.63, 3.8) is 0 Å². The topological polar surface area (TPSA) is 67.9 Å². The van der Waals surface area contributed by atoms with Crippen LogP contribution in [0.1, 0.15) is 16.6 Å². The summed E-state index contributed by atoms with van der Waals surface area (Å²) in [4.78, 5) is 27.5. The molecule has 3 aromatic rings. The van der Waals surface area contributed by atoms with E-state index in [-0.39, 0.29) is 0 Å². The van der Waals surface area contributed by atoms with E-state index in [4.69, 9.17) is 21.1 Å². The molecule has 1 fully saturated rings. The van der Waals surface area contributed by atoms with Crippen molar-refractivity contribution >= 4 is 56.3 Å². The third kappa shape index (κ3) is 4.43. The van der Waals surface area contributed by atoms with Gasteiger partial charge in [0.25, 0.3) is 5.91 Å². The Hall–Kier alpha value is -2.61. The summed E-state index contributed by atoms with van der Waals surface area (Å²) < 4.78 is 11.6. The summed E-state index contributed by atoms with van der Waals surface area (Å²) in [5, 5.41) is 3.93. The molecule has 1 aliphatic heterocycles. The van der Waals surface area contributed by atoms with Gasteiger partial charge in [-0.2, -0.15) is 0 Å². The SMILES string of the molecule is C[C@@H](OC(=O)c1sc2ccccc2c1Cl)C(=O)Nc1ccc(N2CCOCC2)cc1. The molecule has 1 amide bonds. The van der Waals surface area contributed by atoms with Crippen molar-refractivity contribution in [1.29, 1.82) is 0 Å². The van der Waals surface area contributed by atoms with Crippen LogP contribution in [0.15, 0.2) is 48.5 Å². The number of halogens is 1. The second-order valence-corrected chi connectivity index (χ2v) is 8.35. The fourth-order valence-electron chi connectivity index (χ4n) is 3.23. The van der Waals surface area contributed by atoms with Gasteiger partial charge in [-0.25, -0.2) is 4.79 Å². The second-order valence-electron chi connectivity index (χ2n) is 6.92. The minimum absolute atomic E-state index is 0.299. The first-order valence-electron chi connectivity index (χ1n) is 9.64. The summed E-state index contributed by atoms with van der Waals surface area (Å²) in [6.45, 7) is 4.66. The van der Waals surface area contributed by atoms with Gasteiger partial charge in [0.05, 0.1) is 18.2 Å². The number of carbonyl (C=O) groups excluding carboxylic acids is 2. The fraction of sp³-hybridized carbons (Fsp3) is 0.273.